The molecule has 0 saturated heterocycles. The van der Waals surface area contributed by atoms with Crippen LogP contribution in [-0.2, 0) is 11.3 Å². The van der Waals surface area contributed by atoms with Crippen LogP contribution in [0.3, 0.4) is 0 Å². The fourth-order valence-corrected chi connectivity index (χ4v) is 3.49. The van der Waals surface area contributed by atoms with Crippen molar-refractivity contribution in [1.29, 1.82) is 0 Å². The average Bonchev–Trinajstić information content (AvgIpc) is 2.58. The molecule has 0 fully saturated rings. The molecule has 0 aliphatic carbocycles. The van der Waals surface area contributed by atoms with Gasteiger partial charge in [0.15, 0.2) is 0 Å². The Hall–Kier alpha value is -1.69. The quantitative estimate of drug-likeness (QED) is 0.747. The highest BCUT2D eigenvalue weighted by molar-refractivity contribution is 8.00. The number of carbonyl (C=O) groups is 2. The van der Waals surface area contributed by atoms with E-state index in [2.05, 4.69) is 5.32 Å². The van der Waals surface area contributed by atoms with Crippen molar-refractivity contribution in [2.75, 3.05) is 19.8 Å². The number of amides is 2. The third-order valence-corrected chi connectivity index (χ3v) is 5.08. The number of benzene rings is 2. The second kappa shape index (κ2) is 9.13. The molecule has 25 heavy (non-hydrogen) atoms. The van der Waals surface area contributed by atoms with Crippen molar-refractivity contribution in [2.24, 2.45) is 0 Å². The maximum absolute atomic E-state index is 12.5. The van der Waals surface area contributed by atoms with Crippen molar-refractivity contribution in [2.45, 2.75) is 11.4 Å². The summed E-state index contributed by atoms with van der Waals surface area (Å²) in [7, 11) is 3.41. The second-order valence-corrected chi connectivity index (χ2v) is 7.35. The summed E-state index contributed by atoms with van der Waals surface area (Å²) in [6, 6.07) is 12.4. The highest BCUT2D eigenvalue weighted by Gasteiger charge is 2.14. The lowest BCUT2D eigenvalue weighted by molar-refractivity contribution is -0.125. The van der Waals surface area contributed by atoms with Gasteiger partial charge in [-0.25, -0.2) is 0 Å². The van der Waals surface area contributed by atoms with Gasteiger partial charge in [0.25, 0.3) is 5.91 Å². The number of hydrogen-bond donors (Lipinski definition) is 1. The molecule has 0 aliphatic heterocycles. The van der Waals surface area contributed by atoms with Crippen LogP contribution in [0, 0.1) is 0 Å². The van der Waals surface area contributed by atoms with E-state index in [9.17, 15) is 9.59 Å². The summed E-state index contributed by atoms with van der Waals surface area (Å²) in [5.74, 6) is 0.0555. The van der Waals surface area contributed by atoms with E-state index in [1.807, 2.05) is 12.1 Å². The number of nitrogens with zero attached hydrogens (tertiary/aromatic N) is 1. The molecule has 2 amide bonds. The van der Waals surface area contributed by atoms with E-state index < -0.39 is 0 Å². The van der Waals surface area contributed by atoms with Gasteiger partial charge < -0.3 is 10.2 Å². The number of thioether (sulfide) groups is 1. The van der Waals surface area contributed by atoms with Gasteiger partial charge >= 0.3 is 0 Å². The predicted molar refractivity (Wildman–Crippen MR) is 103 cm³/mol. The first-order valence-electron chi connectivity index (χ1n) is 7.52. The molecule has 0 saturated carbocycles. The lowest BCUT2D eigenvalue weighted by Crippen LogP contribution is -2.25. The number of carbonyl (C=O) groups excluding carboxylic acids is 2. The summed E-state index contributed by atoms with van der Waals surface area (Å²) >= 11 is 13.3. The Labute approximate surface area is 161 Å². The van der Waals surface area contributed by atoms with Crippen molar-refractivity contribution in [3.05, 3.63) is 63.6 Å². The van der Waals surface area contributed by atoms with Crippen molar-refractivity contribution < 1.29 is 9.59 Å². The van der Waals surface area contributed by atoms with Gasteiger partial charge in [-0.2, -0.15) is 0 Å². The van der Waals surface area contributed by atoms with Gasteiger partial charge in [0, 0.05) is 35.6 Å². The highest BCUT2D eigenvalue weighted by Crippen LogP contribution is 2.24. The van der Waals surface area contributed by atoms with Crippen LogP contribution in [-0.4, -0.2) is 36.6 Å². The van der Waals surface area contributed by atoms with E-state index >= 15 is 0 Å². The Balaban J connectivity index is 2.05. The number of rotatable bonds is 6. The molecule has 2 aromatic carbocycles. The van der Waals surface area contributed by atoms with Gasteiger partial charge in [0.1, 0.15) is 0 Å². The lowest BCUT2D eigenvalue weighted by atomic mass is 10.2. The van der Waals surface area contributed by atoms with Crippen LogP contribution in [0.1, 0.15) is 15.9 Å². The SMILES string of the molecule is CN(C)C(=O)CSc1ccccc1C(=O)NCc1ccc(Cl)cc1Cl. The first-order chi connectivity index (χ1) is 11.9. The van der Waals surface area contributed by atoms with Gasteiger partial charge in [0.2, 0.25) is 5.91 Å². The maximum atomic E-state index is 12.5. The van der Waals surface area contributed by atoms with Crippen LogP contribution in [0.25, 0.3) is 0 Å². The van der Waals surface area contributed by atoms with Crippen molar-refractivity contribution in [3.63, 3.8) is 0 Å². The van der Waals surface area contributed by atoms with E-state index in [0.717, 1.165) is 10.5 Å². The molecule has 7 heteroatoms. The largest absolute Gasteiger partial charge is 0.348 e. The van der Waals surface area contributed by atoms with Crippen LogP contribution in [0.5, 0.6) is 0 Å². The van der Waals surface area contributed by atoms with Gasteiger partial charge in [-0.05, 0) is 29.8 Å². The van der Waals surface area contributed by atoms with Gasteiger partial charge in [-0.1, -0.05) is 41.4 Å². The second-order valence-electron chi connectivity index (χ2n) is 5.49. The molecule has 0 aliphatic rings. The molecular weight excluding hydrogens is 379 g/mol. The Morgan fingerprint density at radius 2 is 1.84 bits per heavy atom. The molecule has 0 unspecified atom stereocenters. The van der Waals surface area contributed by atoms with E-state index in [0.29, 0.717) is 22.2 Å². The van der Waals surface area contributed by atoms with E-state index in [1.165, 1.54) is 16.7 Å². The van der Waals surface area contributed by atoms with Crippen LogP contribution >= 0.6 is 35.0 Å². The summed E-state index contributed by atoms with van der Waals surface area (Å²) in [4.78, 5) is 26.5. The third kappa shape index (κ3) is 5.66. The molecular formula is C18H18Cl2N2O2S. The molecule has 0 atom stereocenters. The minimum atomic E-state index is -0.216. The average molecular weight is 397 g/mol. The van der Waals surface area contributed by atoms with Crippen molar-refractivity contribution in [3.8, 4) is 0 Å². The minimum absolute atomic E-state index is 0.00634. The van der Waals surface area contributed by atoms with Gasteiger partial charge in [0.05, 0.1) is 11.3 Å². The predicted octanol–water partition coefficient (Wildman–Crippen LogP) is 4.10. The molecule has 2 aromatic rings. The Bertz CT molecular complexity index is 781. The summed E-state index contributed by atoms with van der Waals surface area (Å²) in [5, 5.41) is 3.91. The van der Waals surface area contributed by atoms with Crippen LogP contribution < -0.4 is 5.32 Å². The fourth-order valence-electron chi connectivity index (χ4n) is 1.98. The Kier molecular flexibility index (Phi) is 7.17. The zero-order valence-corrected chi connectivity index (χ0v) is 16.2. The molecule has 0 heterocycles. The summed E-state index contributed by atoms with van der Waals surface area (Å²) in [5.41, 5.74) is 1.32. The van der Waals surface area contributed by atoms with Gasteiger partial charge in [-0.15, -0.1) is 11.8 Å². The van der Waals surface area contributed by atoms with Crippen LogP contribution in [0.4, 0.5) is 0 Å². The normalized spacial score (nSPS) is 10.4. The molecule has 0 aromatic heterocycles. The molecule has 4 nitrogen and oxygen atoms in total. The summed E-state index contributed by atoms with van der Waals surface area (Å²) < 4.78 is 0. The zero-order valence-electron chi connectivity index (χ0n) is 13.9. The van der Waals surface area contributed by atoms with E-state index in [-0.39, 0.29) is 17.6 Å². The molecule has 0 radical (unpaired) electrons. The highest BCUT2D eigenvalue weighted by atomic mass is 35.5. The third-order valence-electron chi connectivity index (χ3n) is 3.44. The summed E-state index contributed by atoms with van der Waals surface area (Å²) in [6.07, 6.45) is 0. The smallest absolute Gasteiger partial charge is 0.252 e. The Morgan fingerprint density at radius 1 is 1.12 bits per heavy atom. The molecule has 0 spiro atoms. The fraction of sp³-hybridized carbons (Fsp3) is 0.222. The number of nitrogens with one attached hydrogen (secondary N) is 1. The zero-order chi connectivity index (χ0) is 18.4. The molecule has 2 rings (SSSR count). The first-order valence-corrected chi connectivity index (χ1v) is 9.26. The van der Waals surface area contributed by atoms with E-state index in [4.69, 9.17) is 23.2 Å². The van der Waals surface area contributed by atoms with Crippen molar-refractivity contribution >= 4 is 46.8 Å². The van der Waals surface area contributed by atoms with Gasteiger partial charge in [-0.3, -0.25) is 9.59 Å². The lowest BCUT2D eigenvalue weighted by Gasteiger charge is -2.12. The van der Waals surface area contributed by atoms with Crippen LogP contribution in [0.2, 0.25) is 10.0 Å². The minimum Gasteiger partial charge on any atom is -0.348 e. The maximum Gasteiger partial charge on any atom is 0.252 e. The standard InChI is InChI=1S/C18H18Cl2N2O2S/c1-22(2)17(23)11-25-16-6-4-3-5-14(16)18(24)21-10-12-7-8-13(19)9-15(12)20/h3-9H,10-11H2,1-2H3,(H,21,24). The molecule has 1 N–H and O–H groups in total. The monoisotopic (exact) mass is 396 g/mol. The molecule has 0 bridgehead atoms. The number of halogens is 2. The van der Waals surface area contributed by atoms with E-state index in [1.54, 1.807) is 44.4 Å². The Morgan fingerprint density at radius 3 is 2.52 bits per heavy atom. The van der Waals surface area contributed by atoms with Crippen LogP contribution in [0.15, 0.2) is 47.4 Å². The summed E-state index contributed by atoms with van der Waals surface area (Å²) in [6.45, 7) is 0.296. The van der Waals surface area contributed by atoms with Crippen molar-refractivity contribution in [1.82, 2.24) is 10.2 Å². The topological polar surface area (TPSA) is 49.4 Å². The number of hydrogen-bond acceptors (Lipinski definition) is 3. The molecule has 132 valence electrons. The first kappa shape index (κ1) is 19.6.